The molecule has 0 bridgehead atoms. The molecule has 12 nitrogen and oxygen atoms in total. The largest absolute Gasteiger partial charge is 0.504 e. The maximum atomic E-state index is 11.5. The maximum absolute atomic E-state index is 11.5. The van der Waals surface area contributed by atoms with E-state index in [4.69, 9.17) is 4.74 Å². The molecule has 0 unspecified atom stereocenters. The van der Waals surface area contributed by atoms with E-state index in [1.165, 1.54) is 7.11 Å². The Morgan fingerprint density at radius 1 is 1.12 bits per heavy atom. The van der Waals surface area contributed by atoms with Crippen LogP contribution in [-0.4, -0.2) is 32.0 Å². The summed E-state index contributed by atoms with van der Waals surface area (Å²) in [7, 11) is 1.19. The number of nitro benzene ring substituents is 1. The first kappa shape index (κ1) is 17.4. The van der Waals surface area contributed by atoms with E-state index < -0.39 is 43.9 Å². The predicted octanol–water partition coefficient (Wildman–Crippen LogP) is 0.764. The van der Waals surface area contributed by atoms with Crippen LogP contribution < -0.4 is 16.0 Å². The molecule has 1 heterocycles. The molecular formula is C13H10N4O8. The van der Waals surface area contributed by atoms with E-state index in [1.54, 1.807) is 4.98 Å². The number of hydrogen-bond donors (Lipinski definition) is 3. The Morgan fingerprint density at radius 2 is 1.80 bits per heavy atom. The summed E-state index contributed by atoms with van der Waals surface area (Å²) in [5, 5.41) is 31.8. The fraction of sp³-hybridized carbons (Fsp3) is 0.0769. The van der Waals surface area contributed by atoms with Crippen LogP contribution >= 0.6 is 0 Å². The number of methoxy groups -OCH3 is 1. The lowest BCUT2D eigenvalue weighted by molar-refractivity contribution is -0.386. The molecule has 2 rings (SSSR count). The van der Waals surface area contributed by atoms with E-state index in [-0.39, 0.29) is 11.3 Å². The maximum Gasteiger partial charge on any atom is 0.357 e. The fourth-order valence-electron chi connectivity index (χ4n) is 1.97. The van der Waals surface area contributed by atoms with Crippen molar-refractivity contribution >= 4 is 23.5 Å². The molecule has 0 radical (unpaired) electrons. The van der Waals surface area contributed by atoms with Crippen LogP contribution in [0.25, 0.3) is 12.2 Å². The average molecular weight is 350 g/mol. The fourth-order valence-corrected chi connectivity index (χ4v) is 1.97. The van der Waals surface area contributed by atoms with Gasteiger partial charge in [0, 0.05) is 11.6 Å². The Labute approximate surface area is 137 Å². The number of non-ortho nitro benzene ring substituents is 1. The first-order valence-corrected chi connectivity index (χ1v) is 6.49. The Balaban J connectivity index is 2.63. The van der Waals surface area contributed by atoms with Gasteiger partial charge in [0.25, 0.3) is 5.69 Å². The van der Waals surface area contributed by atoms with Crippen molar-refractivity contribution < 1.29 is 19.7 Å². The normalized spacial score (nSPS) is 10.8. The van der Waals surface area contributed by atoms with Crippen LogP contribution in [0.2, 0.25) is 0 Å². The minimum atomic E-state index is -1.21. The number of nitro groups is 2. The molecular weight excluding hydrogens is 340 g/mol. The van der Waals surface area contributed by atoms with Gasteiger partial charge in [-0.25, -0.2) is 4.79 Å². The van der Waals surface area contributed by atoms with E-state index in [0.29, 0.717) is 0 Å². The summed E-state index contributed by atoms with van der Waals surface area (Å²) < 4.78 is 4.82. The predicted molar refractivity (Wildman–Crippen MR) is 84.6 cm³/mol. The second-order valence-corrected chi connectivity index (χ2v) is 4.60. The molecule has 1 aromatic carbocycles. The minimum Gasteiger partial charge on any atom is -0.504 e. The summed E-state index contributed by atoms with van der Waals surface area (Å²) >= 11 is 0. The number of aromatic hydroxyl groups is 1. The van der Waals surface area contributed by atoms with E-state index in [9.17, 15) is 34.9 Å². The van der Waals surface area contributed by atoms with Crippen molar-refractivity contribution in [3.63, 3.8) is 0 Å². The highest BCUT2D eigenvalue weighted by molar-refractivity contribution is 5.76. The Kier molecular flexibility index (Phi) is 4.63. The highest BCUT2D eigenvalue weighted by Crippen LogP contribution is 2.35. The van der Waals surface area contributed by atoms with Crippen LogP contribution in [0.1, 0.15) is 11.3 Å². The molecule has 0 saturated heterocycles. The number of H-pyrrole nitrogens is 2. The number of nitrogens with one attached hydrogen (secondary N) is 2. The van der Waals surface area contributed by atoms with Crippen molar-refractivity contribution in [1.82, 2.24) is 9.97 Å². The highest BCUT2D eigenvalue weighted by atomic mass is 16.6. The van der Waals surface area contributed by atoms with Crippen LogP contribution in [0.3, 0.4) is 0 Å². The molecule has 3 N–H and O–H groups in total. The lowest BCUT2D eigenvalue weighted by Gasteiger charge is -2.06. The van der Waals surface area contributed by atoms with Crippen molar-refractivity contribution in [2.24, 2.45) is 0 Å². The molecule has 0 aliphatic carbocycles. The molecule has 130 valence electrons. The zero-order valence-corrected chi connectivity index (χ0v) is 12.5. The summed E-state index contributed by atoms with van der Waals surface area (Å²) in [6.45, 7) is 0. The molecule has 0 aliphatic rings. The van der Waals surface area contributed by atoms with Crippen molar-refractivity contribution in [2.45, 2.75) is 0 Å². The summed E-state index contributed by atoms with van der Waals surface area (Å²) in [6, 6.07) is 1.98. The van der Waals surface area contributed by atoms with Gasteiger partial charge in [0.15, 0.2) is 11.5 Å². The third-order valence-electron chi connectivity index (χ3n) is 3.08. The number of aromatic amines is 2. The number of benzene rings is 1. The first-order chi connectivity index (χ1) is 11.7. The third kappa shape index (κ3) is 3.52. The second kappa shape index (κ2) is 6.66. The average Bonchev–Trinajstić information content (AvgIpc) is 2.52. The third-order valence-corrected chi connectivity index (χ3v) is 3.08. The number of ether oxygens (including phenoxy) is 1. The SMILES string of the molecule is COc1cc([N+](=O)[O-])cc(C=Cc2[nH]c(=O)[nH]c(=O)c2[N+](=O)[O-])c1O. The van der Waals surface area contributed by atoms with Crippen molar-refractivity contribution in [3.05, 3.63) is 64.5 Å². The van der Waals surface area contributed by atoms with Gasteiger partial charge >= 0.3 is 16.9 Å². The number of phenolic OH excluding ortho intramolecular Hbond substituents is 1. The Bertz CT molecular complexity index is 1000. The number of rotatable bonds is 5. The number of aromatic nitrogens is 2. The smallest absolute Gasteiger partial charge is 0.357 e. The van der Waals surface area contributed by atoms with Crippen LogP contribution in [0.4, 0.5) is 11.4 Å². The topological polar surface area (TPSA) is 181 Å². The molecule has 12 heteroatoms. The lowest BCUT2D eigenvalue weighted by Crippen LogP contribution is -2.25. The van der Waals surface area contributed by atoms with Crippen LogP contribution in [-0.2, 0) is 0 Å². The lowest BCUT2D eigenvalue weighted by atomic mass is 10.1. The molecule has 0 spiro atoms. The van der Waals surface area contributed by atoms with Gasteiger partial charge in [0.1, 0.15) is 5.69 Å². The number of hydrogen-bond acceptors (Lipinski definition) is 8. The van der Waals surface area contributed by atoms with Crippen molar-refractivity contribution in [2.75, 3.05) is 7.11 Å². The quantitative estimate of drug-likeness (QED) is 0.521. The zero-order chi connectivity index (χ0) is 18.7. The number of nitrogens with zero attached hydrogens (tertiary/aromatic N) is 2. The van der Waals surface area contributed by atoms with Gasteiger partial charge < -0.3 is 14.8 Å². The van der Waals surface area contributed by atoms with E-state index >= 15 is 0 Å². The van der Waals surface area contributed by atoms with Gasteiger partial charge in [-0.1, -0.05) is 0 Å². The van der Waals surface area contributed by atoms with Crippen molar-refractivity contribution in [1.29, 1.82) is 0 Å². The van der Waals surface area contributed by atoms with Gasteiger partial charge in [-0.2, -0.15) is 0 Å². The molecule has 0 amide bonds. The molecule has 0 saturated carbocycles. The minimum absolute atomic E-state index is 0.110. The summed E-state index contributed by atoms with van der Waals surface area (Å²) in [6.07, 6.45) is 2.02. The van der Waals surface area contributed by atoms with Gasteiger partial charge in [0.05, 0.1) is 23.0 Å². The standard InChI is InChI=1S/C13H10N4O8/c1-25-9-5-7(16(21)22)4-6(11(9)18)2-3-8-10(17(23)24)12(19)15-13(20)14-8/h2-5,18H,1H3,(H2,14,15,19,20). The monoisotopic (exact) mass is 350 g/mol. The Morgan fingerprint density at radius 3 is 2.36 bits per heavy atom. The van der Waals surface area contributed by atoms with Crippen LogP contribution in [0.5, 0.6) is 11.5 Å². The van der Waals surface area contributed by atoms with Gasteiger partial charge in [-0.15, -0.1) is 0 Å². The number of phenols is 1. The zero-order valence-electron chi connectivity index (χ0n) is 12.5. The summed E-state index contributed by atoms with van der Waals surface area (Å²) in [5.74, 6) is -0.651. The second-order valence-electron chi connectivity index (χ2n) is 4.60. The van der Waals surface area contributed by atoms with Crippen LogP contribution in [0.15, 0.2) is 21.7 Å². The van der Waals surface area contributed by atoms with Gasteiger partial charge in [0.2, 0.25) is 0 Å². The molecule has 0 atom stereocenters. The molecule has 0 fully saturated rings. The molecule has 25 heavy (non-hydrogen) atoms. The van der Waals surface area contributed by atoms with Gasteiger partial charge in [-0.05, 0) is 12.2 Å². The molecule has 1 aromatic heterocycles. The highest BCUT2D eigenvalue weighted by Gasteiger charge is 2.20. The first-order valence-electron chi connectivity index (χ1n) is 6.49. The summed E-state index contributed by atoms with van der Waals surface area (Å²) in [4.78, 5) is 46.7. The summed E-state index contributed by atoms with van der Waals surface area (Å²) in [5.41, 5.74) is -4.06. The molecule has 0 aliphatic heterocycles. The molecule has 2 aromatic rings. The van der Waals surface area contributed by atoms with E-state index in [1.807, 2.05) is 0 Å². The van der Waals surface area contributed by atoms with E-state index in [2.05, 4.69) is 4.98 Å². The Hall–Kier alpha value is -3.96. The van der Waals surface area contributed by atoms with Crippen LogP contribution in [0, 0.1) is 20.2 Å². The van der Waals surface area contributed by atoms with Crippen molar-refractivity contribution in [3.8, 4) is 11.5 Å². The van der Waals surface area contributed by atoms with Gasteiger partial charge in [-0.3, -0.25) is 30.0 Å². The van der Waals surface area contributed by atoms with E-state index in [0.717, 1.165) is 24.3 Å².